The predicted molar refractivity (Wildman–Crippen MR) is 59.8 cm³/mol. The molecule has 0 aliphatic rings. The minimum atomic E-state index is 0.223. The van der Waals surface area contributed by atoms with Gasteiger partial charge in [-0.2, -0.15) is 0 Å². The van der Waals surface area contributed by atoms with Gasteiger partial charge in [0.05, 0.1) is 0 Å². The summed E-state index contributed by atoms with van der Waals surface area (Å²) in [5.74, 6) is 0.807. The van der Waals surface area contributed by atoms with Gasteiger partial charge in [-0.15, -0.1) is 0 Å². The van der Waals surface area contributed by atoms with Crippen LogP contribution < -0.4 is 0 Å². The third kappa shape index (κ3) is 2.44. The van der Waals surface area contributed by atoms with Gasteiger partial charge in [-0.25, -0.2) is 0 Å². The average Bonchev–Trinajstić information content (AvgIpc) is 2.27. The van der Waals surface area contributed by atoms with Gasteiger partial charge >= 0.3 is 0 Å². The van der Waals surface area contributed by atoms with Crippen LogP contribution in [0.15, 0.2) is 24.3 Å². The lowest BCUT2D eigenvalue weighted by molar-refractivity contribution is 0.0988. The van der Waals surface area contributed by atoms with E-state index in [9.17, 15) is 4.79 Å². The number of hydrogen-bond donors (Lipinski definition) is 0. The van der Waals surface area contributed by atoms with Crippen molar-refractivity contribution in [2.75, 3.05) is 0 Å². The zero-order chi connectivity index (χ0) is 10.6. The van der Waals surface area contributed by atoms with Crippen molar-refractivity contribution < 1.29 is 4.79 Å². The quantitative estimate of drug-likeness (QED) is 0.660. The van der Waals surface area contributed by atoms with Crippen LogP contribution in [-0.4, -0.2) is 5.78 Å². The fraction of sp³-hybridized carbons (Fsp3) is 0.462. The maximum absolute atomic E-state index is 11.4. The normalized spacial score (nSPS) is 12.5. The molecule has 1 atom stereocenters. The van der Waals surface area contributed by atoms with E-state index in [1.165, 1.54) is 5.56 Å². The number of ketones is 1. The molecule has 0 spiro atoms. The molecule has 0 N–H and O–H groups in total. The summed E-state index contributed by atoms with van der Waals surface area (Å²) >= 11 is 0. The number of benzene rings is 1. The fourth-order valence-corrected chi connectivity index (χ4v) is 1.44. The van der Waals surface area contributed by atoms with Gasteiger partial charge in [-0.05, 0) is 17.9 Å². The molecule has 0 amide bonds. The zero-order valence-electron chi connectivity index (χ0n) is 9.21. The first-order valence-corrected chi connectivity index (χ1v) is 5.32. The van der Waals surface area contributed by atoms with Crippen LogP contribution in [0.1, 0.15) is 55.5 Å². The number of rotatable bonds is 4. The van der Waals surface area contributed by atoms with E-state index in [0.717, 1.165) is 12.0 Å². The van der Waals surface area contributed by atoms with Crippen molar-refractivity contribution in [3.63, 3.8) is 0 Å². The molecule has 1 aromatic carbocycles. The van der Waals surface area contributed by atoms with Crippen LogP contribution in [0.4, 0.5) is 0 Å². The van der Waals surface area contributed by atoms with Crippen LogP contribution in [0.5, 0.6) is 0 Å². The maximum Gasteiger partial charge on any atom is 0.162 e. The molecule has 0 unspecified atom stereocenters. The number of carbonyl (C=O) groups excluding carboxylic acids is 1. The van der Waals surface area contributed by atoms with Gasteiger partial charge in [0.25, 0.3) is 0 Å². The van der Waals surface area contributed by atoms with Gasteiger partial charge in [0.1, 0.15) is 0 Å². The Kier molecular flexibility index (Phi) is 3.87. The topological polar surface area (TPSA) is 17.1 Å². The molecule has 1 aromatic rings. The summed E-state index contributed by atoms with van der Waals surface area (Å²) < 4.78 is 0. The Morgan fingerprint density at radius 3 is 2.21 bits per heavy atom. The molecule has 0 aromatic heterocycles. The van der Waals surface area contributed by atoms with Crippen molar-refractivity contribution in [2.45, 2.75) is 39.5 Å². The summed E-state index contributed by atoms with van der Waals surface area (Å²) in [7, 11) is 0. The second kappa shape index (κ2) is 4.94. The molecular weight excluding hydrogens is 172 g/mol. The molecule has 0 saturated carbocycles. The SMILES string of the molecule is CCC(=O)c1ccc([C@H](C)CC)cc1. The zero-order valence-corrected chi connectivity index (χ0v) is 9.21. The summed E-state index contributed by atoms with van der Waals surface area (Å²) in [5, 5.41) is 0. The second-order valence-electron chi connectivity index (χ2n) is 3.71. The minimum Gasteiger partial charge on any atom is -0.294 e. The van der Waals surface area contributed by atoms with Crippen molar-refractivity contribution in [2.24, 2.45) is 0 Å². The molecule has 0 saturated heterocycles. The predicted octanol–water partition coefficient (Wildman–Crippen LogP) is 3.79. The van der Waals surface area contributed by atoms with E-state index >= 15 is 0 Å². The molecular formula is C13H18O. The van der Waals surface area contributed by atoms with Crippen molar-refractivity contribution >= 4 is 5.78 Å². The molecule has 0 bridgehead atoms. The molecule has 0 aliphatic carbocycles. The lowest BCUT2D eigenvalue weighted by atomic mass is 9.96. The minimum absolute atomic E-state index is 0.223. The Labute approximate surface area is 86.1 Å². The fourth-order valence-electron chi connectivity index (χ4n) is 1.44. The molecule has 0 heterocycles. The van der Waals surface area contributed by atoms with Crippen molar-refractivity contribution in [1.29, 1.82) is 0 Å². The van der Waals surface area contributed by atoms with E-state index in [-0.39, 0.29) is 5.78 Å². The van der Waals surface area contributed by atoms with E-state index < -0.39 is 0 Å². The van der Waals surface area contributed by atoms with E-state index in [1.54, 1.807) is 0 Å². The highest BCUT2D eigenvalue weighted by atomic mass is 16.1. The first-order valence-electron chi connectivity index (χ1n) is 5.32. The van der Waals surface area contributed by atoms with Gasteiger partial charge in [-0.1, -0.05) is 45.0 Å². The Hall–Kier alpha value is -1.11. The van der Waals surface area contributed by atoms with Gasteiger partial charge in [-0.3, -0.25) is 4.79 Å². The Balaban J connectivity index is 2.83. The van der Waals surface area contributed by atoms with Crippen LogP contribution in [0.25, 0.3) is 0 Å². The van der Waals surface area contributed by atoms with Gasteiger partial charge in [0.15, 0.2) is 5.78 Å². The maximum atomic E-state index is 11.4. The first-order chi connectivity index (χ1) is 6.69. The van der Waals surface area contributed by atoms with Gasteiger partial charge < -0.3 is 0 Å². The smallest absolute Gasteiger partial charge is 0.162 e. The molecule has 1 rings (SSSR count). The highest BCUT2D eigenvalue weighted by Gasteiger charge is 2.05. The van der Waals surface area contributed by atoms with Crippen LogP contribution in [0, 0.1) is 0 Å². The number of hydrogen-bond acceptors (Lipinski definition) is 1. The summed E-state index contributed by atoms with van der Waals surface area (Å²) in [6.45, 7) is 6.28. The third-order valence-corrected chi connectivity index (χ3v) is 2.74. The van der Waals surface area contributed by atoms with Crippen LogP contribution in [0.3, 0.4) is 0 Å². The Bertz CT molecular complexity index is 298. The van der Waals surface area contributed by atoms with Crippen molar-refractivity contribution in [1.82, 2.24) is 0 Å². The summed E-state index contributed by atoms with van der Waals surface area (Å²) in [6.07, 6.45) is 1.73. The van der Waals surface area contributed by atoms with Crippen molar-refractivity contribution in [3.05, 3.63) is 35.4 Å². The van der Waals surface area contributed by atoms with E-state index in [2.05, 4.69) is 26.0 Å². The van der Waals surface area contributed by atoms with E-state index in [0.29, 0.717) is 12.3 Å². The molecule has 76 valence electrons. The van der Waals surface area contributed by atoms with Crippen molar-refractivity contribution in [3.8, 4) is 0 Å². The largest absolute Gasteiger partial charge is 0.294 e. The number of Topliss-reactive ketones (excluding diaryl/α,β-unsaturated/α-hetero) is 1. The van der Waals surface area contributed by atoms with E-state index in [1.807, 2.05) is 19.1 Å². The first kappa shape index (κ1) is 11.0. The van der Waals surface area contributed by atoms with Crippen LogP contribution in [-0.2, 0) is 0 Å². The van der Waals surface area contributed by atoms with E-state index in [4.69, 9.17) is 0 Å². The third-order valence-electron chi connectivity index (χ3n) is 2.74. The summed E-state index contributed by atoms with van der Waals surface area (Å²) in [6, 6.07) is 8.01. The summed E-state index contributed by atoms with van der Waals surface area (Å²) in [4.78, 5) is 11.4. The standard InChI is InChI=1S/C13H18O/c1-4-10(3)11-6-8-12(9-7-11)13(14)5-2/h6-10H,4-5H2,1-3H3/t10-/m1/s1. The molecule has 14 heavy (non-hydrogen) atoms. The molecule has 0 aliphatic heterocycles. The lowest BCUT2D eigenvalue weighted by Gasteiger charge is -2.08. The monoisotopic (exact) mass is 190 g/mol. The van der Waals surface area contributed by atoms with Crippen LogP contribution in [0.2, 0.25) is 0 Å². The molecule has 0 radical (unpaired) electrons. The van der Waals surface area contributed by atoms with Gasteiger partial charge in [0, 0.05) is 12.0 Å². The number of carbonyl (C=O) groups is 1. The molecule has 0 fully saturated rings. The highest BCUT2D eigenvalue weighted by Crippen LogP contribution is 2.19. The Morgan fingerprint density at radius 1 is 1.21 bits per heavy atom. The molecule has 1 heteroatoms. The summed E-state index contributed by atoms with van der Waals surface area (Å²) in [5.41, 5.74) is 2.15. The molecule has 1 nitrogen and oxygen atoms in total. The highest BCUT2D eigenvalue weighted by molar-refractivity contribution is 5.95. The Morgan fingerprint density at radius 2 is 1.79 bits per heavy atom. The second-order valence-corrected chi connectivity index (χ2v) is 3.71. The average molecular weight is 190 g/mol. The van der Waals surface area contributed by atoms with Gasteiger partial charge in [0.2, 0.25) is 0 Å². The lowest BCUT2D eigenvalue weighted by Crippen LogP contribution is -1.97. The van der Waals surface area contributed by atoms with Crippen LogP contribution >= 0.6 is 0 Å².